The Morgan fingerprint density at radius 2 is 2.06 bits per heavy atom. The van der Waals surface area contributed by atoms with Gasteiger partial charge >= 0.3 is 5.97 Å². The quantitative estimate of drug-likeness (QED) is 0.660. The molecule has 1 aromatic carbocycles. The largest absolute Gasteiger partial charge is 0.478 e. The summed E-state index contributed by atoms with van der Waals surface area (Å²) in [6.07, 6.45) is 0.389. The molecule has 1 aromatic rings. The fraction of sp³-hybridized carbons (Fsp3) is 0.100. The molecule has 0 aliphatic carbocycles. The Morgan fingerprint density at radius 3 is 2.56 bits per heavy atom. The van der Waals surface area contributed by atoms with Gasteiger partial charge in [-0.3, -0.25) is 9.59 Å². The van der Waals surface area contributed by atoms with E-state index in [1.54, 1.807) is 0 Å². The van der Waals surface area contributed by atoms with Gasteiger partial charge in [-0.15, -0.1) is 0 Å². The van der Waals surface area contributed by atoms with Crippen LogP contribution < -0.4 is 10.6 Å². The second-order valence-corrected chi connectivity index (χ2v) is 3.01. The number of hydrogen-bond acceptors (Lipinski definition) is 3. The minimum Gasteiger partial charge on any atom is -0.478 e. The molecule has 0 atom stereocenters. The Hall–Kier alpha value is -2.37. The Kier molecular flexibility index (Phi) is 3.60. The first-order valence-corrected chi connectivity index (χ1v) is 4.39. The number of aromatic carboxylic acids is 1. The van der Waals surface area contributed by atoms with Gasteiger partial charge < -0.3 is 15.7 Å². The highest BCUT2D eigenvalue weighted by Crippen LogP contribution is 2.20. The van der Waals surface area contributed by atoms with Crippen molar-refractivity contribution in [3.05, 3.63) is 23.8 Å². The molecule has 0 fully saturated rings. The first kappa shape index (κ1) is 11.7. The number of carboxylic acids is 1. The van der Waals surface area contributed by atoms with E-state index < -0.39 is 5.97 Å². The molecule has 6 heteroatoms. The summed E-state index contributed by atoms with van der Waals surface area (Å²) in [5, 5.41) is 13.6. The molecule has 6 nitrogen and oxygen atoms in total. The van der Waals surface area contributed by atoms with Crippen LogP contribution in [0.2, 0.25) is 0 Å². The third-order valence-electron chi connectivity index (χ3n) is 1.78. The average Bonchev–Trinajstić information content (AvgIpc) is 2.19. The minimum absolute atomic E-state index is 0.0849. The fourth-order valence-corrected chi connectivity index (χ4v) is 1.19. The second kappa shape index (κ2) is 4.92. The lowest BCUT2D eigenvalue weighted by Crippen LogP contribution is -2.09. The van der Waals surface area contributed by atoms with E-state index in [0.29, 0.717) is 12.1 Å². The highest BCUT2D eigenvalue weighted by atomic mass is 16.4. The maximum absolute atomic E-state index is 10.9. The molecule has 1 rings (SSSR count). The number of hydrogen-bond donors (Lipinski definition) is 3. The molecule has 0 aromatic heterocycles. The molecular weight excluding hydrogens is 212 g/mol. The second-order valence-electron chi connectivity index (χ2n) is 3.01. The third kappa shape index (κ3) is 2.81. The van der Waals surface area contributed by atoms with Crippen LogP contribution in [-0.2, 0) is 9.59 Å². The first-order chi connectivity index (χ1) is 7.54. The van der Waals surface area contributed by atoms with Crippen LogP contribution in [-0.4, -0.2) is 23.4 Å². The predicted octanol–water partition coefficient (Wildman–Crippen LogP) is 0.911. The Balaban J connectivity index is 3.11. The smallest absolute Gasteiger partial charge is 0.337 e. The number of anilines is 2. The third-order valence-corrected chi connectivity index (χ3v) is 1.78. The predicted molar refractivity (Wildman–Crippen MR) is 57.4 cm³/mol. The Labute approximate surface area is 91.3 Å². The van der Waals surface area contributed by atoms with Crippen molar-refractivity contribution in [3.63, 3.8) is 0 Å². The summed E-state index contributed by atoms with van der Waals surface area (Å²) in [7, 11) is 0. The molecule has 3 N–H and O–H groups in total. The van der Waals surface area contributed by atoms with Crippen LogP contribution in [0.1, 0.15) is 17.3 Å². The van der Waals surface area contributed by atoms with Gasteiger partial charge in [-0.05, 0) is 18.2 Å². The van der Waals surface area contributed by atoms with Crippen LogP contribution in [0.3, 0.4) is 0 Å². The van der Waals surface area contributed by atoms with Crippen molar-refractivity contribution in [3.8, 4) is 0 Å². The van der Waals surface area contributed by atoms with Gasteiger partial charge in [-0.25, -0.2) is 4.79 Å². The van der Waals surface area contributed by atoms with Gasteiger partial charge in [0.05, 0.1) is 11.3 Å². The highest BCUT2D eigenvalue weighted by Gasteiger charge is 2.10. The number of rotatable bonds is 4. The van der Waals surface area contributed by atoms with E-state index in [2.05, 4.69) is 10.6 Å². The maximum atomic E-state index is 10.9. The van der Waals surface area contributed by atoms with Crippen molar-refractivity contribution in [2.24, 2.45) is 0 Å². The van der Waals surface area contributed by atoms with Crippen LogP contribution in [0.25, 0.3) is 0 Å². The van der Waals surface area contributed by atoms with E-state index in [0.717, 1.165) is 0 Å². The lowest BCUT2D eigenvalue weighted by Gasteiger charge is -2.07. The summed E-state index contributed by atoms with van der Waals surface area (Å²) in [5.74, 6) is -1.48. The zero-order valence-electron chi connectivity index (χ0n) is 8.48. The topological polar surface area (TPSA) is 95.5 Å². The fourth-order valence-electron chi connectivity index (χ4n) is 1.19. The van der Waals surface area contributed by atoms with Gasteiger partial charge in [-0.2, -0.15) is 0 Å². The number of nitrogens with one attached hydrogen (secondary N) is 2. The van der Waals surface area contributed by atoms with E-state index in [-0.39, 0.29) is 17.2 Å². The Bertz CT molecular complexity index is 442. The molecule has 2 amide bonds. The number of amides is 2. The minimum atomic E-state index is -1.18. The molecule has 0 saturated heterocycles. The highest BCUT2D eigenvalue weighted by molar-refractivity contribution is 5.99. The molecule has 0 saturated carbocycles. The molecule has 0 heterocycles. The first-order valence-electron chi connectivity index (χ1n) is 4.39. The summed E-state index contributed by atoms with van der Waals surface area (Å²) in [6, 6.07) is 4.18. The molecule has 0 unspecified atom stereocenters. The Morgan fingerprint density at radius 1 is 1.38 bits per heavy atom. The zero-order valence-corrected chi connectivity index (χ0v) is 8.48. The van der Waals surface area contributed by atoms with Crippen molar-refractivity contribution in [2.45, 2.75) is 6.92 Å². The lowest BCUT2D eigenvalue weighted by molar-refractivity contribution is -0.114. The van der Waals surface area contributed by atoms with Crippen molar-refractivity contribution in [2.75, 3.05) is 10.6 Å². The molecule has 0 bridgehead atoms. The number of benzene rings is 1. The maximum Gasteiger partial charge on any atom is 0.337 e. The molecule has 0 aliphatic rings. The van der Waals surface area contributed by atoms with Gasteiger partial charge in [0.2, 0.25) is 12.3 Å². The summed E-state index contributed by atoms with van der Waals surface area (Å²) in [5.41, 5.74) is 0.455. The van der Waals surface area contributed by atoms with Crippen LogP contribution in [0.15, 0.2) is 18.2 Å². The summed E-state index contributed by atoms with van der Waals surface area (Å²) >= 11 is 0. The molecule has 84 valence electrons. The molecule has 16 heavy (non-hydrogen) atoms. The summed E-state index contributed by atoms with van der Waals surface area (Å²) < 4.78 is 0. The van der Waals surface area contributed by atoms with Crippen molar-refractivity contribution in [1.82, 2.24) is 0 Å². The number of carbonyl (C=O) groups is 3. The van der Waals surface area contributed by atoms with Crippen LogP contribution in [0.5, 0.6) is 0 Å². The summed E-state index contributed by atoms with van der Waals surface area (Å²) in [6.45, 7) is 1.32. The van der Waals surface area contributed by atoms with Crippen molar-refractivity contribution >= 4 is 29.7 Å². The van der Waals surface area contributed by atoms with Crippen LogP contribution in [0, 0.1) is 0 Å². The van der Waals surface area contributed by atoms with Gasteiger partial charge in [0.15, 0.2) is 0 Å². The molecule has 0 aliphatic heterocycles. The lowest BCUT2D eigenvalue weighted by atomic mass is 10.1. The standard InChI is InChI=1S/C10H10N2O4/c1-6(14)12-7-2-3-9(11-5-13)8(4-7)10(15)16/h2-5H,1H3,(H,11,13)(H,12,14)(H,15,16). The van der Waals surface area contributed by atoms with Gasteiger partial charge in [0, 0.05) is 12.6 Å². The SMILES string of the molecule is CC(=O)Nc1ccc(NC=O)c(C(=O)O)c1. The zero-order chi connectivity index (χ0) is 12.1. The average molecular weight is 222 g/mol. The monoisotopic (exact) mass is 222 g/mol. The van der Waals surface area contributed by atoms with Crippen molar-refractivity contribution < 1.29 is 19.5 Å². The van der Waals surface area contributed by atoms with E-state index in [9.17, 15) is 14.4 Å². The summed E-state index contributed by atoms with van der Waals surface area (Å²) in [4.78, 5) is 31.9. The molecular formula is C10H10N2O4. The van der Waals surface area contributed by atoms with Gasteiger partial charge in [0.25, 0.3) is 0 Å². The van der Waals surface area contributed by atoms with Gasteiger partial charge in [-0.1, -0.05) is 0 Å². The van der Waals surface area contributed by atoms with Crippen LogP contribution in [0.4, 0.5) is 11.4 Å². The van der Waals surface area contributed by atoms with Crippen molar-refractivity contribution in [1.29, 1.82) is 0 Å². The molecule has 0 spiro atoms. The molecule has 0 radical (unpaired) electrons. The van der Waals surface area contributed by atoms with E-state index in [1.807, 2.05) is 0 Å². The van der Waals surface area contributed by atoms with Crippen LogP contribution >= 0.6 is 0 Å². The van der Waals surface area contributed by atoms with E-state index in [4.69, 9.17) is 5.11 Å². The normalized spacial score (nSPS) is 9.31. The number of carboxylic acid groups (broad SMARTS) is 1. The van der Waals surface area contributed by atoms with Gasteiger partial charge in [0.1, 0.15) is 0 Å². The van der Waals surface area contributed by atoms with E-state index in [1.165, 1.54) is 25.1 Å². The van der Waals surface area contributed by atoms with E-state index >= 15 is 0 Å². The number of carbonyl (C=O) groups excluding carboxylic acids is 2.